The van der Waals surface area contributed by atoms with Crippen molar-refractivity contribution in [1.82, 2.24) is 9.55 Å². The van der Waals surface area contributed by atoms with Crippen LogP contribution in [0.2, 0.25) is 0 Å². The van der Waals surface area contributed by atoms with Crippen LogP contribution in [0.15, 0.2) is 128 Å². The number of nitrogens with zero attached hydrogens (tertiary/aromatic N) is 4. The predicted octanol–water partition coefficient (Wildman–Crippen LogP) is 19.3. The number of benzene rings is 8. The molecule has 0 unspecified atom stereocenters. The summed E-state index contributed by atoms with van der Waals surface area (Å²) in [5, 5.41) is 1.81. The number of fused-ring (bicyclic) bond motifs is 4. The number of aromatic nitrogens is 2. The quantitative estimate of drug-likeness (QED) is 0.0657. The zero-order chi connectivity index (χ0) is 57.9. The van der Waals surface area contributed by atoms with E-state index in [1.54, 1.807) is 57.3 Å². The molecule has 0 atom stereocenters. The van der Waals surface area contributed by atoms with Crippen LogP contribution in [0, 0.1) is 77.0 Å². The standard InChI is InChI=1S/C66H49F10N4O.Pt/c1-64(2,3)35-24-25-77-50(30-35)80-46-19-13-11-17-41(46)42-23-22-38(32-49(42)80)81-39-27-34(40-16-10-12-18-45(40)66(7,8)9)26-37(31-39)78-33-79(48-21-15-14-20-47(48)78)63-43(51-53(67)57(71)61(75)58(72)54(51)68)28-36(65(4,5)6)29-44(63)52-55(69)59(73)62(76)60(74)56(52)70;/h10-30,33H,1-9H3;/q-3;. The maximum atomic E-state index is 16.4. The van der Waals surface area contributed by atoms with Crippen LogP contribution in [0.3, 0.4) is 0 Å². The Morgan fingerprint density at radius 1 is 0.463 bits per heavy atom. The molecule has 1 aliphatic rings. The van der Waals surface area contributed by atoms with E-state index < -0.39 is 96.9 Å². The summed E-state index contributed by atoms with van der Waals surface area (Å²) in [4.78, 5) is 7.46. The van der Waals surface area contributed by atoms with Gasteiger partial charge in [-0.3, -0.25) is 0 Å². The summed E-state index contributed by atoms with van der Waals surface area (Å²) in [5.74, 6) is -22.6. The van der Waals surface area contributed by atoms with Gasteiger partial charge in [-0.25, -0.2) is 48.9 Å². The zero-order valence-corrected chi connectivity index (χ0v) is 47.8. The molecule has 422 valence electrons. The Kier molecular flexibility index (Phi) is 14.6. The van der Waals surface area contributed by atoms with Crippen molar-refractivity contribution in [3.05, 3.63) is 221 Å². The van der Waals surface area contributed by atoms with Crippen LogP contribution in [0.25, 0.3) is 61.0 Å². The van der Waals surface area contributed by atoms with Gasteiger partial charge in [0.2, 0.25) is 11.6 Å². The van der Waals surface area contributed by atoms with Crippen LogP contribution in [-0.4, -0.2) is 9.55 Å². The summed E-state index contributed by atoms with van der Waals surface area (Å²) in [6.45, 7) is 18.5. The van der Waals surface area contributed by atoms with Gasteiger partial charge in [-0.15, -0.1) is 53.6 Å². The first kappa shape index (κ1) is 57.3. The summed E-state index contributed by atoms with van der Waals surface area (Å²) < 4.78 is 166. The third kappa shape index (κ3) is 9.67. The Hall–Kier alpha value is -7.90. The van der Waals surface area contributed by atoms with Crippen LogP contribution in [-0.2, 0) is 37.3 Å². The van der Waals surface area contributed by atoms with Gasteiger partial charge in [0.25, 0.3) is 0 Å². The Morgan fingerprint density at radius 3 is 1.56 bits per heavy atom. The molecule has 11 rings (SSSR count). The van der Waals surface area contributed by atoms with E-state index in [-0.39, 0.29) is 60.6 Å². The minimum atomic E-state index is -2.49. The van der Waals surface area contributed by atoms with Crippen molar-refractivity contribution in [3.63, 3.8) is 0 Å². The number of halogens is 10. The third-order valence-electron chi connectivity index (χ3n) is 14.6. The molecule has 3 heterocycles. The summed E-state index contributed by atoms with van der Waals surface area (Å²) in [6, 6.07) is 42.1. The van der Waals surface area contributed by atoms with Gasteiger partial charge in [-0.2, -0.15) is 6.07 Å². The molecule has 0 bridgehead atoms. The molecule has 0 amide bonds. The maximum Gasteiger partial charge on any atom is 0.200 e. The molecule has 0 N–H and O–H groups in total. The number of hydrogen-bond donors (Lipinski definition) is 0. The van der Waals surface area contributed by atoms with E-state index in [0.717, 1.165) is 50.0 Å². The van der Waals surface area contributed by atoms with Crippen LogP contribution >= 0.6 is 0 Å². The number of anilines is 4. The second kappa shape index (κ2) is 20.8. The molecule has 5 nitrogen and oxygen atoms in total. The number of pyridine rings is 1. The molecular weight excluding hydrogens is 1250 g/mol. The average molecular weight is 1300 g/mol. The fourth-order valence-electron chi connectivity index (χ4n) is 10.4. The molecular formula is C66H49F10N4OPt-3. The Balaban J connectivity index is 0.00000753. The Bertz CT molecular complexity index is 4080. The van der Waals surface area contributed by atoms with Crippen molar-refractivity contribution in [2.45, 2.75) is 78.6 Å². The van der Waals surface area contributed by atoms with E-state index in [2.05, 4.69) is 32.9 Å². The Labute approximate surface area is 481 Å². The normalized spacial score (nSPS) is 12.9. The van der Waals surface area contributed by atoms with Gasteiger partial charge in [-0.1, -0.05) is 122 Å². The van der Waals surface area contributed by atoms with Gasteiger partial charge in [0.05, 0.1) is 11.1 Å². The van der Waals surface area contributed by atoms with Gasteiger partial charge >= 0.3 is 0 Å². The molecule has 10 aromatic rings. The smallest absolute Gasteiger partial charge is 0.200 e. The van der Waals surface area contributed by atoms with Crippen LogP contribution in [0.5, 0.6) is 11.5 Å². The van der Waals surface area contributed by atoms with Gasteiger partial charge in [-0.05, 0) is 86.3 Å². The van der Waals surface area contributed by atoms with Gasteiger partial charge in [0.15, 0.2) is 46.5 Å². The van der Waals surface area contributed by atoms with Crippen molar-refractivity contribution >= 4 is 44.6 Å². The van der Waals surface area contributed by atoms with Crippen molar-refractivity contribution in [2.24, 2.45) is 0 Å². The fraction of sp³-hybridized carbons (Fsp3) is 0.182. The van der Waals surface area contributed by atoms with Crippen molar-refractivity contribution in [1.29, 1.82) is 0 Å². The van der Waals surface area contributed by atoms with E-state index in [9.17, 15) is 8.78 Å². The summed E-state index contributed by atoms with van der Waals surface area (Å²) in [7, 11) is 0. The second-order valence-electron chi connectivity index (χ2n) is 23.0. The Morgan fingerprint density at radius 2 is 0.988 bits per heavy atom. The number of ether oxygens (including phenoxy) is 1. The average Bonchev–Trinajstić information content (AvgIpc) is 4.18. The SMILES string of the molecule is CC(C)(C)c1ccnc(-n2c3[c-]c(Oc4[c-]c(N5[CH-]N(c6c(-c7c(F)c(F)c(F)c(F)c7F)cc(C(C)(C)C)cc6-c6c(F)c(F)c(F)c(F)c6F)c6ccccc65)cc(-c5ccccc5C(C)(C)C)c4)ccc3c3ccccc32)c1.[Pt]. The zero-order valence-electron chi connectivity index (χ0n) is 45.5. The molecule has 1 aliphatic heterocycles. The van der Waals surface area contributed by atoms with Crippen LogP contribution in [0.4, 0.5) is 66.7 Å². The molecule has 82 heavy (non-hydrogen) atoms. The summed E-state index contributed by atoms with van der Waals surface area (Å²) in [5.41, 5.74) is -1.81. The van der Waals surface area contributed by atoms with Gasteiger partial charge in [0, 0.05) is 72.5 Å². The second-order valence-corrected chi connectivity index (χ2v) is 23.0. The topological polar surface area (TPSA) is 33.5 Å². The third-order valence-corrected chi connectivity index (χ3v) is 14.6. The minimum Gasteiger partial charge on any atom is -0.509 e. The number of para-hydroxylation sites is 3. The number of hydrogen-bond acceptors (Lipinski definition) is 4. The van der Waals surface area contributed by atoms with Gasteiger partial charge < -0.3 is 19.1 Å². The van der Waals surface area contributed by atoms with E-state index in [1.807, 2.05) is 92.1 Å². The summed E-state index contributed by atoms with van der Waals surface area (Å²) in [6.07, 6.45) is 1.77. The molecule has 16 heteroatoms. The van der Waals surface area contributed by atoms with Crippen LogP contribution in [0.1, 0.15) is 79.0 Å². The molecule has 2 aromatic heterocycles. The number of rotatable bonds is 8. The largest absolute Gasteiger partial charge is 0.509 e. The molecule has 0 saturated heterocycles. The van der Waals surface area contributed by atoms with E-state index in [1.165, 1.54) is 23.7 Å². The van der Waals surface area contributed by atoms with E-state index >= 15 is 35.1 Å². The van der Waals surface area contributed by atoms with Crippen molar-refractivity contribution < 1.29 is 69.7 Å². The first-order valence-corrected chi connectivity index (χ1v) is 25.8. The first-order chi connectivity index (χ1) is 38.2. The van der Waals surface area contributed by atoms with E-state index in [0.29, 0.717) is 16.9 Å². The van der Waals surface area contributed by atoms with Crippen LogP contribution < -0.4 is 14.5 Å². The summed E-state index contributed by atoms with van der Waals surface area (Å²) >= 11 is 0. The predicted molar refractivity (Wildman–Crippen MR) is 296 cm³/mol. The molecule has 0 aliphatic carbocycles. The van der Waals surface area contributed by atoms with Gasteiger partial charge in [0.1, 0.15) is 5.82 Å². The molecule has 8 aromatic carbocycles. The maximum absolute atomic E-state index is 16.4. The molecule has 0 fully saturated rings. The van der Waals surface area contributed by atoms with Crippen molar-refractivity contribution in [3.8, 4) is 50.7 Å². The van der Waals surface area contributed by atoms with E-state index in [4.69, 9.17) is 9.72 Å². The molecule has 0 saturated carbocycles. The molecule has 0 radical (unpaired) electrons. The monoisotopic (exact) mass is 1300 g/mol. The fourth-order valence-corrected chi connectivity index (χ4v) is 10.4. The first-order valence-electron chi connectivity index (χ1n) is 25.8. The minimum absolute atomic E-state index is 0. The molecule has 0 spiro atoms. The van der Waals surface area contributed by atoms with Crippen molar-refractivity contribution in [2.75, 3.05) is 9.80 Å².